The average molecular weight is 461 g/mol. The summed E-state index contributed by atoms with van der Waals surface area (Å²) in [7, 11) is 7.01. The summed E-state index contributed by atoms with van der Waals surface area (Å²) in [5, 5.41) is 7.27. The van der Waals surface area contributed by atoms with E-state index in [1.165, 1.54) is 6.33 Å². The molecule has 1 aliphatic carbocycles. The van der Waals surface area contributed by atoms with E-state index in [9.17, 15) is 9.59 Å². The molecule has 3 N–H and O–H groups in total. The summed E-state index contributed by atoms with van der Waals surface area (Å²) >= 11 is 0. The fourth-order valence-electron chi connectivity index (χ4n) is 5.10. The van der Waals surface area contributed by atoms with Crippen LogP contribution in [0.4, 0.5) is 0 Å². The molecule has 8 heteroatoms. The first-order valence-corrected chi connectivity index (χ1v) is 11.5. The minimum Gasteiger partial charge on any atom is -0.345 e. The van der Waals surface area contributed by atoms with E-state index in [1.807, 2.05) is 43.3 Å². The lowest BCUT2D eigenvalue weighted by atomic mass is 9.68. The number of benzene rings is 2. The second-order valence-corrected chi connectivity index (χ2v) is 9.56. The number of nitrogens with two attached hydrogens (primary N) is 1. The van der Waals surface area contributed by atoms with Crippen molar-refractivity contribution in [1.29, 1.82) is 0 Å². The zero-order chi connectivity index (χ0) is 24.6. The summed E-state index contributed by atoms with van der Waals surface area (Å²) in [6.45, 7) is 1.98. The Balaban J connectivity index is 2.00. The Morgan fingerprint density at radius 1 is 0.971 bits per heavy atom. The molecule has 1 heterocycles. The molecule has 0 bridgehead atoms. The van der Waals surface area contributed by atoms with Crippen LogP contribution in [-0.2, 0) is 18.3 Å². The quantitative estimate of drug-likeness (QED) is 0.608. The topological polar surface area (TPSA) is 108 Å². The summed E-state index contributed by atoms with van der Waals surface area (Å²) in [6.07, 6.45) is 3.55. The molecule has 1 aliphatic rings. The Bertz CT molecular complexity index is 1140. The van der Waals surface area contributed by atoms with Crippen molar-refractivity contribution < 1.29 is 9.59 Å². The van der Waals surface area contributed by atoms with E-state index in [-0.39, 0.29) is 17.9 Å². The van der Waals surface area contributed by atoms with Gasteiger partial charge in [-0.25, -0.2) is 4.98 Å². The molecule has 2 amide bonds. The lowest BCUT2D eigenvalue weighted by Crippen LogP contribution is -2.38. The molecule has 3 aromatic rings. The number of nitrogens with zero attached hydrogens (tertiary/aromatic N) is 4. The van der Waals surface area contributed by atoms with Crippen LogP contribution in [0, 0.1) is 0 Å². The van der Waals surface area contributed by atoms with Crippen molar-refractivity contribution in [2.75, 3.05) is 28.2 Å². The lowest BCUT2D eigenvalue weighted by Gasteiger charge is -2.36. The molecule has 0 fully saturated rings. The third kappa shape index (κ3) is 3.98. The third-order valence-electron chi connectivity index (χ3n) is 6.55. The summed E-state index contributed by atoms with van der Waals surface area (Å²) < 4.78 is 0. The molecular formula is C26H32N6O2. The summed E-state index contributed by atoms with van der Waals surface area (Å²) in [6, 6.07) is 11.7. The van der Waals surface area contributed by atoms with Crippen molar-refractivity contribution in [2.24, 2.45) is 5.73 Å². The van der Waals surface area contributed by atoms with Gasteiger partial charge in [0.15, 0.2) is 0 Å². The van der Waals surface area contributed by atoms with Gasteiger partial charge in [0, 0.05) is 45.4 Å². The maximum absolute atomic E-state index is 12.7. The Morgan fingerprint density at radius 2 is 1.47 bits per heavy atom. The number of carbonyl (C=O) groups excluding carboxylic acids is 2. The predicted octanol–water partition coefficient (Wildman–Crippen LogP) is 2.38. The van der Waals surface area contributed by atoms with Crippen LogP contribution in [-0.4, -0.2) is 71.0 Å². The molecule has 0 aliphatic heterocycles. The number of hydrogen-bond donors (Lipinski definition) is 2. The monoisotopic (exact) mass is 460 g/mol. The number of nitrogens with one attached hydrogen (secondary N) is 1. The highest BCUT2D eigenvalue weighted by atomic mass is 16.2. The molecule has 4 rings (SSSR count). The lowest BCUT2D eigenvalue weighted by molar-refractivity contribution is 0.0820. The third-order valence-corrected chi connectivity index (χ3v) is 6.55. The minimum atomic E-state index is -0.689. The number of aromatic amines is 1. The normalized spacial score (nSPS) is 15.0. The van der Waals surface area contributed by atoms with Crippen molar-refractivity contribution in [3.8, 4) is 0 Å². The Kier molecular flexibility index (Phi) is 6.27. The van der Waals surface area contributed by atoms with Gasteiger partial charge in [-0.3, -0.25) is 14.7 Å². The highest BCUT2D eigenvalue weighted by Gasteiger charge is 2.44. The second-order valence-electron chi connectivity index (χ2n) is 9.56. The number of rotatable bonds is 5. The van der Waals surface area contributed by atoms with Gasteiger partial charge in [0.05, 0.1) is 5.41 Å². The van der Waals surface area contributed by atoms with E-state index in [0.717, 1.165) is 35.1 Å². The number of fused-ring (bicyclic) bond motifs is 2. The molecule has 0 spiro atoms. The van der Waals surface area contributed by atoms with Crippen molar-refractivity contribution in [1.82, 2.24) is 25.0 Å². The van der Waals surface area contributed by atoms with E-state index in [0.29, 0.717) is 23.4 Å². The number of amides is 2. The zero-order valence-electron chi connectivity index (χ0n) is 20.4. The van der Waals surface area contributed by atoms with Crippen molar-refractivity contribution in [3.63, 3.8) is 0 Å². The van der Waals surface area contributed by atoms with E-state index >= 15 is 0 Å². The van der Waals surface area contributed by atoms with Gasteiger partial charge in [0.2, 0.25) is 0 Å². The number of H-pyrrole nitrogens is 1. The molecule has 1 aromatic heterocycles. The van der Waals surface area contributed by atoms with E-state index < -0.39 is 5.41 Å². The van der Waals surface area contributed by atoms with Gasteiger partial charge >= 0.3 is 0 Å². The van der Waals surface area contributed by atoms with Gasteiger partial charge in [-0.15, -0.1) is 0 Å². The first kappa shape index (κ1) is 23.6. The summed E-state index contributed by atoms with van der Waals surface area (Å²) in [4.78, 5) is 33.2. The van der Waals surface area contributed by atoms with E-state index in [4.69, 9.17) is 5.73 Å². The average Bonchev–Trinajstić information content (AvgIpc) is 3.31. The van der Waals surface area contributed by atoms with Crippen LogP contribution in [0.5, 0.6) is 0 Å². The molecule has 0 radical (unpaired) electrons. The van der Waals surface area contributed by atoms with E-state index in [1.54, 1.807) is 38.0 Å². The van der Waals surface area contributed by atoms with E-state index in [2.05, 4.69) is 15.2 Å². The standard InChI is InChI=1S/C26H32N6O2/c1-16(27)14-26(25-28-15-29-30-25)21-10-8-19(23(33)31(2)3)12-17(21)6-7-18-13-20(9-11-22(18)26)24(34)32(4)5/h8-13,15-16H,6-7,14,27H2,1-5H3,(H,28,29,30)/t16-/m1/s1. The van der Waals surface area contributed by atoms with Crippen molar-refractivity contribution in [2.45, 2.75) is 37.6 Å². The molecule has 0 saturated carbocycles. The smallest absolute Gasteiger partial charge is 0.253 e. The molecule has 178 valence electrons. The predicted molar refractivity (Wildman–Crippen MR) is 131 cm³/mol. The number of aromatic nitrogens is 3. The van der Waals surface area contributed by atoms with Crippen LogP contribution in [0.2, 0.25) is 0 Å². The molecule has 0 saturated heterocycles. The maximum Gasteiger partial charge on any atom is 0.253 e. The SMILES string of the molecule is C[C@@H](N)CC1(c2ncn[nH]2)c2ccc(C(=O)N(C)C)cc2CCc2cc(C(=O)N(C)C)ccc21. The van der Waals surface area contributed by atoms with Crippen LogP contribution < -0.4 is 5.73 Å². The summed E-state index contributed by atoms with van der Waals surface area (Å²) in [5.41, 5.74) is 11.3. The largest absolute Gasteiger partial charge is 0.345 e. The summed E-state index contributed by atoms with van der Waals surface area (Å²) in [5.74, 6) is 0.620. The molecule has 1 atom stereocenters. The van der Waals surface area contributed by atoms with Gasteiger partial charge in [-0.1, -0.05) is 12.1 Å². The van der Waals surface area contributed by atoms with Gasteiger partial charge in [0.1, 0.15) is 12.2 Å². The highest BCUT2D eigenvalue weighted by molar-refractivity contribution is 5.95. The zero-order valence-corrected chi connectivity index (χ0v) is 20.4. The molecule has 34 heavy (non-hydrogen) atoms. The van der Waals surface area contributed by atoms with Crippen LogP contribution >= 0.6 is 0 Å². The number of carbonyl (C=O) groups is 2. The number of hydrogen-bond acceptors (Lipinski definition) is 5. The van der Waals surface area contributed by atoms with Crippen molar-refractivity contribution in [3.05, 3.63) is 81.9 Å². The maximum atomic E-state index is 12.7. The van der Waals surface area contributed by atoms with Crippen LogP contribution in [0.25, 0.3) is 0 Å². The molecule has 8 nitrogen and oxygen atoms in total. The van der Waals surface area contributed by atoms with Crippen LogP contribution in [0.1, 0.15) is 62.1 Å². The van der Waals surface area contributed by atoms with Crippen LogP contribution in [0.3, 0.4) is 0 Å². The molecular weight excluding hydrogens is 428 g/mol. The molecule has 2 aromatic carbocycles. The first-order chi connectivity index (χ1) is 16.1. The van der Waals surface area contributed by atoms with Gasteiger partial charge in [-0.2, -0.15) is 5.10 Å². The van der Waals surface area contributed by atoms with Crippen LogP contribution in [0.15, 0.2) is 42.7 Å². The second kappa shape index (κ2) is 9.02. The fourth-order valence-corrected chi connectivity index (χ4v) is 5.10. The van der Waals surface area contributed by atoms with Gasteiger partial charge in [0.25, 0.3) is 11.8 Å². The number of aryl methyl sites for hydroxylation is 2. The highest BCUT2D eigenvalue weighted by Crippen LogP contribution is 2.46. The Labute approximate surface area is 200 Å². The van der Waals surface area contributed by atoms with Gasteiger partial charge < -0.3 is 15.5 Å². The fraction of sp³-hybridized carbons (Fsp3) is 0.385. The molecule has 0 unspecified atom stereocenters. The first-order valence-electron chi connectivity index (χ1n) is 11.5. The Morgan fingerprint density at radius 3 is 1.85 bits per heavy atom. The van der Waals surface area contributed by atoms with Crippen molar-refractivity contribution >= 4 is 11.8 Å². The minimum absolute atomic E-state index is 0.0408. The van der Waals surface area contributed by atoms with Gasteiger partial charge in [-0.05, 0) is 72.7 Å². The Hall–Kier alpha value is -3.52.